The number of nitrogen functional groups attached to an aromatic ring is 1. The van der Waals surface area contributed by atoms with Crippen molar-refractivity contribution in [1.29, 1.82) is 0 Å². The summed E-state index contributed by atoms with van der Waals surface area (Å²) in [4.78, 5) is 35.3. The molecule has 156 valence electrons. The van der Waals surface area contributed by atoms with Gasteiger partial charge in [-0.15, -0.1) is 0 Å². The Balaban J connectivity index is 1.89. The zero-order valence-corrected chi connectivity index (χ0v) is 16.9. The minimum atomic E-state index is -1.27. The summed E-state index contributed by atoms with van der Waals surface area (Å²) in [5.41, 5.74) is 7.52. The zero-order valence-electron chi connectivity index (χ0n) is 16.9. The third-order valence-electron chi connectivity index (χ3n) is 4.93. The van der Waals surface area contributed by atoms with Gasteiger partial charge in [-0.1, -0.05) is 24.3 Å². The minimum Gasteiger partial charge on any atom is -0.441 e. The Labute approximate surface area is 178 Å². The highest BCUT2D eigenvalue weighted by molar-refractivity contribution is 5.97. The lowest BCUT2D eigenvalue weighted by molar-refractivity contribution is -0.132. The topological polar surface area (TPSA) is 105 Å². The van der Waals surface area contributed by atoms with Gasteiger partial charge in [0.05, 0.1) is 5.56 Å². The Kier molecular flexibility index (Phi) is 4.94. The first kappa shape index (κ1) is 20.2. The van der Waals surface area contributed by atoms with Crippen LogP contribution in [-0.2, 0) is 19.9 Å². The van der Waals surface area contributed by atoms with Crippen LogP contribution in [0.15, 0.2) is 66.7 Å². The SMILES string of the molecule is CC(=O)Oc1ccc(C2(c3ccc(OC(C)=O)cc3)OC(=O)c3ccc(N)cc32)cc1. The summed E-state index contributed by atoms with van der Waals surface area (Å²) < 4.78 is 16.2. The molecule has 0 amide bonds. The predicted molar refractivity (Wildman–Crippen MR) is 112 cm³/mol. The van der Waals surface area contributed by atoms with E-state index in [1.807, 2.05) is 0 Å². The molecular weight excluding hydrogens is 398 g/mol. The molecule has 2 N–H and O–H groups in total. The second kappa shape index (κ2) is 7.60. The van der Waals surface area contributed by atoms with E-state index in [1.165, 1.54) is 13.8 Å². The number of fused-ring (bicyclic) bond motifs is 1. The summed E-state index contributed by atoms with van der Waals surface area (Å²) in [7, 11) is 0. The number of anilines is 1. The molecule has 0 saturated heterocycles. The maximum absolute atomic E-state index is 12.8. The fourth-order valence-electron chi connectivity index (χ4n) is 3.72. The van der Waals surface area contributed by atoms with Crippen LogP contribution in [0.25, 0.3) is 0 Å². The molecule has 0 saturated carbocycles. The van der Waals surface area contributed by atoms with Gasteiger partial charge in [-0.25, -0.2) is 4.79 Å². The van der Waals surface area contributed by atoms with Crippen LogP contribution in [0, 0.1) is 0 Å². The van der Waals surface area contributed by atoms with Gasteiger partial charge in [-0.3, -0.25) is 9.59 Å². The van der Waals surface area contributed by atoms with Crippen molar-refractivity contribution in [3.63, 3.8) is 0 Å². The molecule has 3 aromatic carbocycles. The van der Waals surface area contributed by atoms with Crippen molar-refractivity contribution in [1.82, 2.24) is 0 Å². The molecule has 0 spiro atoms. The molecule has 7 nitrogen and oxygen atoms in total. The molecule has 1 aliphatic heterocycles. The molecule has 0 fully saturated rings. The Morgan fingerprint density at radius 2 is 1.29 bits per heavy atom. The average Bonchev–Trinajstić information content (AvgIpc) is 3.01. The van der Waals surface area contributed by atoms with Gasteiger partial charge in [-0.05, 0) is 42.5 Å². The number of carbonyl (C=O) groups is 3. The molecule has 0 atom stereocenters. The van der Waals surface area contributed by atoms with Crippen LogP contribution in [0.1, 0.15) is 40.9 Å². The van der Waals surface area contributed by atoms with Gasteiger partial charge >= 0.3 is 17.9 Å². The summed E-state index contributed by atoms with van der Waals surface area (Å²) in [6.07, 6.45) is 0. The molecule has 0 bridgehead atoms. The predicted octanol–water partition coefficient (Wildman–Crippen LogP) is 3.58. The van der Waals surface area contributed by atoms with E-state index < -0.39 is 23.5 Å². The van der Waals surface area contributed by atoms with Gasteiger partial charge in [-0.2, -0.15) is 0 Å². The van der Waals surface area contributed by atoms with Crippen LogP contribution in [0.4, 0.5) is 5.69 Å². The van der Waals surface area contributed by atoms with Crippen LogP contribution in [0.5, 0.6) is 11.5 Å². The first-order valence-corrected chi connectivity index (χ1v) is 9.51. The Morgan fingerprint density at radius 3 is 1.74 bits per heavy atom. The lowest BCUT2D eigenvalue weighted by atomic mass is 9.79. The maximum atomic E-state index is 12.8. The molecule has 7 heteroatoms. The average molecular weight is 417 g/mol. The lowest BCUT2D eigenvalue weighted by Crippen LogP contribution is -2.29. The number of nitrogens with two attached hydrogens (primary N) is 1. The van der Waals surface area contributed by atoms with Crippen LogP contribution >= 0.6 is 0 Å². The molecule has 4 rings (SSSR count). The number of hydrogen-bond donors (Lipinski definition) is 1. The van der Waals surface area contributed by atoms with Gasteiger partial charge in [0.25, 0.3) is 0 Å². The van der Waals surface area contributed by atoms with Crippen molar-refractivity contribution in [3.8, 4) is 11.5 Å². The standard InChI is InChI=1S/C24H19NO6/c1-14(26)29-19-8-3-16(4-9-19)24(17-5-10-20(11-6-17)30-15(2)27)22-13-18(25)7-12-21(22)23(28)31-24/h3-13H,25H2,1-2H3. The van der Waals surface area contributed by atoms with Crippen molar-refractivity contribution in [2.24, 2.45) is 0 Å². The molecule has 1 heterocycles. The fourth-order valence-corrected chi connectivity index (χ4v) is 3.72. The number of carbonyl (C=O) groups excluding carboxylic acids is 3. The largest absolute Gasteiger partial charge is 0.441 e. The number of benzene rings is 3. The highest BCUT2D eigenvalue weighted by atomic mass is 16.6. The van der Waals surface area contributed by atoms with Crippen molar-refractivity contribution in [2.45, 2.75) is 19.4 Å². The van der Waals surface area contributed by atoms with Crippen LogP contribution in [0.3, 0.4) is 0 Å². The number of ether oxygens (including phenoxy) is 3. The second-order valence-corrected chi connectivity index (χ2v) is 7.11. The van der Waals surface area contributed by atoms with Crippen molar-refractivity contribution in [2.75, 3.05) is 5.73 Å². The van der Waals surface area contributed by atoms with Crippen molar-refractivity contribution < 1.29 is 28.6 Å². The van der Waals surface area contributed by atoms with Crippen molar-refractivity contribution in [3.05, 3.63) is 89.0 Å². The summed E-state index contributed by atoms with van der Waals surface area (Å²) in [6, 6.07) is 18.4. The van der Waals surface area contributed by atoms with Gasteiger partial charge in [0.2, 0.25) is 0 Å². The summed E-state index contributed by atoms with van der Waals surface area (Å²) in [5.74, 6) is -0.617. The number of esters is 3. The molecule has 0 aliphatic carbocycles. The monoisotopic (exact) mass is 417 g/mol. The van der Waals surface area contributed by atoms with Gasteiger partial charge < -0.3 is 19.9 Å². The number of cyclic esters (lactones) is 1. The Morgan fingerprint density at radius 1 is 0.806 bits per heavy atom. The number of rotatable bonds is 4. The molecule has 0 radical (unpaired) electrons. The summed E-state index contributed by atoms with van der Waals surface area (Å²) in [6.45, 7) is 2.63. The quantitative estimate of drug-likeness (QED) is 0.393. The molecule has 31 heavy (non-hydrogen) atoms. The Bertz CT molecular complexity index is 1120. The Hall–Kier alpha value is -4.13. The van der Waals surface area contributed by atoms with Crippen LogP contribution in [-0.4, -0.2) is 17.9 Å². The highest BCUT2D eigenvalue weighted by Crippen LogP contribution is 2.48. The first-order valence-electron chi connectivity index (χ1n) is 9.51. The van der Waals surface area contributed by atoms with E-state index in [0.717, 1.165) is 0 Å². The van der Waals surface area contributed by atoms with Crippen LogP contribution in [0.2, 0.25) is 0 Å². The third kappa shape index (κ3) is 3.61. The van der Waals surface area contributed by atoms with Gasteiger partial charge in [0.15, 0.2) is 5.60 Å². The van der Waals surface area contributed by atoms with Gasteiger partial charge in [0, 0.05) is 36.2 Å². The van der Waals surface area contributed by atoms with E-state index >= 15 is 0 Å². The van der Waals surface area contributed by atoms with E-state index in [2.05, 4.69) is 0 Å². The summed E-state index contributed by atoms with van der Waals surface area (Å²) in [5, 5.41) is 0. The van der Waals surface area contributed by atoms with E-state index in [9.17, 15) is 14.4 Å². The van der Waals surface area contributed by atoms with E-state index in [4.69, 9.17) is 19.9 Å². The zero-order chi connectivity index (χ0) is 22.2. The van der Waals surface area contributed by atoms with E-state index in [1.54, 1.807) is 66.7 Å². The highest BCUT2D eigenvalue weighted by Gasteiger charge is 2.48. The normalized spacial score (nSPS) is 13.8. The third-order valence-corrected chi connectivity index (χ3v) is 4.93. The lowest BCUT2D eigenvalue weighted by Gasteiger charge is -2.30. The molecule has 3 aromatic rings. The smallest absolute Gasteiger partial charge is 0.340 e. The minimum absolute atomic E-state index is 0.369. The maximum Gasteiger partial charge on any atom is 0.340 e. The summed E-state index contributed by atoms with van der Waals surface area (Å²) >= 11 is 0. The first-order chi connectivity index (χ1) is 14.8. The second-order valence-electron chi connectivity index (χ2n) is 7.11. The van der Waals surface area contributed by atoms with Gasteiger partial charge in [0.1, 0.15) is 11.5 Å². The van der Waals surface area contributed by atoms with E-state index in [-0.39, 0.29) is 0 Å². The van der Waals surface area contributed by atoms with Crippen molar-refractivity contribution >= 4 is 23.6 Å². The fraction of sp³-hybridized carbons (Fsp3) is 0.125. The molecule has 0 aromatic heterocycles. The molecule has 1 aliphatic rings. The molecule has 0 unspecified atom stereocenters. The molecular formula is C24H19NO6. The van der Waals surface area contributed by atoms with Crippen LogP contribution < -0.4 is 15.2 Å². The van der Waals surface area contributed by atoms with E-state index in [0.29, 0.717) is 39.4 Å². The number of hydrogen-bond acceptors (Lipinski definition) is 7.